The predicted octanol–water partition coefficient (Wildman–Crippen LogP) is 2.37. The number of fused-ring (bicyclic) bond motifs is 1. The van der Waals surface area contributed by atoms with Gasteiger partial charge in [0.05, 0.1) is 11.5 Å². The first-order chi connectivity index (χ1) is 10.3. The Morgan fingerprint density at radius 1 is 1.52 bits per heavy atom. The van der Waals surface area contributed by atoms with Crippen LogP contribution >= 0.6 is 11.3 Å². The highest BCUT2D eigenvalue weighted by Crippen LogP contribution is 2.31. The highest BCUT2D eigenvalue weighted by molar-refractivity contribution is 7.16. The fourth-order valence-corrected chi connectivity index (χ4v) is 3.45. The monoisotopic (exact) mass is 307 g/mol. The largest absolute Gasteiger partial charge is 0.376 e. The maximum atomic E-state index is 5.91. The quantitative estimate of drug-likeness (QED) is 0.652. The molecular formula is C14H21N5OS. The molecule has 114 valence electrons. The van der Waals surface area contributed by atoms with E-state index in [2.05, 4.69) is 33.3 Å². The van der Waals surface area contributed by atoms with Crippen molar-refractivity contribution in [1.82, 2.24) is 9.97 Å². The van der Waals surface area contributed by atoms with Gasteiger partial charge in [0.15, 0.2) is 0 Å². The summed E-state index contributed by atoms with van der Waals surface area (Å²) in [5.41, 5.74) is 2.56. The highest BCUT2D eigenvalue weighted by Gasteiger charge is 2.23. The van der Waals surface area contributed by atoms with Gasteiger partial charge in [-0.3, -0.25) is 5.43 Å². The molecule has 2 aromatic heterocycles. The van der Waals surface area contributed by atoms with Crippen molar-refractivity contribution in [3.8, 4) is 0 Å². The molecule has 0 aliphatic carbocycles. The number of ether oxygens (including phenoxy) is 1. The van der Waals surface area contributed by atoms with Crippen LogP contribution in [0.3, 0.4) is 0 Å². The first kappa shape index (κ1) is 14.5. The molecule has 0 radical (unpaired) electrons. The number of piperidine rings is 1. The second-order valence-corrected chi connectivity index (χ2v) is 6.13. The van der Waals surface area contributed by atoms with E-state index in [4.69, 9.17) is 10.6 Å². The van der Waals surface area contributed by atoms with E-state index in [1.54, 1.807) is 11.3 Å². The lowest BCUT2D eigenvalue weighted by atomic mass is 10.1. The van der Waals surface area contributed by atoms with Gasteiger partial charge in [-0.1, -0.05) is 6.92 Å². The summed E-state index contributed by atoms with van der Waals surface area (Å²) in [6.07, 6.45) is 3.59. The van der Waals surface area contributed by atoms with E-state index in [1.165, 1.54) is 0 Å². The Kier molecular flexibility index (Phi) is 4.52. The van der Waals surface area contributed by atoms with Crippen LogP contribution in [-0.4, -0.2) is 35.8 Å². The minimum absolute atomic E-state index is 0.289. The molecule has 0 aromatic carbocycles. The number of hydrogen-bond acceptors (Lipinski definition) is 7. The number of anilines is 2. The molecule has 3 rings (SSSR count). The lowest BCUT2D eigenvalue weighted by Crippen LogP contribution is -2.40. The second-order valence-electron chi connectivity index (χ2n) is 5.24. The van der Waals surface area contributed by atoms with Crippen LogP contribution in [0.1, 0.15) is 26.2 Å². The Balaban J connectivity index is 1.86. The van der Waals surface area contributed by atoms with Crippen LogP contribution in [0, 0.1) is 0 Å². The Bertz CT molecular complexity index is 602. The zero-order chi connectivity index (χ0) is 14.7. The van der Waals surface area contributed by atoms with E-state index in [9.17, 15) is 0 Å². The van der Waals surface area contributed by atoms with Gasteiger partial charge in [0.2, 0.25) is 5.95 Å². The third-order valence-electron chi connectivity index (χ3n) is 3.67. The van der Waals surface area contributed by atoms with Gasteiger partial charge in [0.1, 0.15) is 10.6 Å². The van der Waals surface area contributed by atoms with Crippen molar-refractivity contribution >= 4 is 33.3 Å². The molecule has 1 saturated heterocycles. The van der Waals surface area contributed by atoms with Gasteiger partial charge in [0, 0.05) is 19.7 Å². The van der Waals surface area contributed by atoms with Crippen molar-refractivity contribution in [2.24, 2.45) is 5.84 Å². The average molecular weight is 307 g/mol. The number of nitrogens with one attached hydrogen (secondary N) is 1. The summed E-state index contributed by atoms with van der Waals surface area (Å²) >= 11 is 1.61. The molecule has 1 unspecified atom stereocenters. The molecule has 1 aliphatic rings. The van der Waals surface area contributed by atoms with Gasteiger partial charge in [-0.2, -0.15) is 4.98 Å². The molecule has 1 fully saturated rings. The van der Waals surface area contributed by atoms with Crippen LogP contribution in [0.25, 0.3) is 10.2 Å². The van der Waals surface area contributed by atoms with Gasteiger partial charge >= 0.3 is 0 Å². The van der Waals surface area contributed by atoms with Crippen LogP contribution in [-0.2, 0) is 4.74 Å². The first-order valence-electron chi connectivity index (χ1n) is 7.40. The number of rotatable bonds is 5. The molecule has 21 heavy (non-hydrogen) atoms. The molecule has 3 N–H and O–H groups in total. The number of nitrogens with zero attached hydrogens (tertiary/aromatic N) is 3. The zero-order valence-electron chi connectivity index (χ0n) is 12.2. The normalized spacial score (nSPS) is 19.1. The van der Waals surface area contributed by atoms with Crippen molar-refractivity contribution in [2.75, 3.05) is 30.0 Å². The van der Waals surface area contributed by atoms with Gasteiger partial charge in [-0.25, -0.2) is 10.8 Å². The fourth-order valence-electron chi connectivity index (χ4n) is 2.70. The van der Waals surface area contributed by atoms with Crippen molar-refractivity contribution in [3.63, 3.8) is 0 Å². The Hall–Kier alpha value is -1.44. The average Bonchev–Trinajstić information content (AvgIpc) is 3.00. The molecule has 6 nitrogen and oxygen atoms in total. The number of aromatic nitrogens is 2. The van der Waals surface area contributed by atoms with E-state index >= 15 is 0 Å². The van der Waals surface area contributed by atoms with Gasteiger partial charge in [-0.05, 0) is 30.7 Å². The number of thiophene rings is 1. The number of nitrogen functional groups attached to an aromatic ring is 1. The van der Waals surface area contributed by atoms with Gasteiger partial charge in [0.25, 0.3) is 0 Å². The predicted molar refractivity (Wildman–Crippen MR) is 86.7 cm³/mol. The van der Waals surface area contributed by atoms with Crippen molar-refractivity contribution < 1.29 is 4.74 Å². The molecule has 0 bridgehead atoms. The minimum atomic E-state index is 0.289. The lowest BCUT2D eigenvalue weighted by Gasteiger charge is -2.33. The molecule has 7 heteroatoms. The molecule has 0 spiro atoms. The molecule has 0 amide bonds. The van der Waals surface area contributed by atoms with E-state index in [1.807, 2.05) is 5.38 Å². The van der Waals surface area contributed by atoms with Crippen LogP contribution in [0.15, 0.2) is 11.4 Å². The molecule has 2 aromatic rings. The topological polar surface area (TPSA) is 76.3 Å². The highest BCUT2D eigenvalue weighted by atomic mass is 32.1. The first-order valence-corrected chi connectivity index (χ1v) is 8.28. The molecular weight excluding hydrogens is 286 g/mol. The third-order valence-corrected chi connectivity index (χ3v) is 4.48. The standard InChI is InChI=1S/C14H21N5OS/c1-2-7-20-10-4-3-6-19(9-10)12-11-5-8-21-13(11)17-14(16-12)18-15/h5,8,10H,2-4,6-7,9,15H2,1H3,(H,16,17,18). The third kappa shape index (κ3) is 3.09. The lowest BCUT2D eigenvalue weighted by molar-refractivity contribution is 0.0440. The molecule has 0 saturated carbocycles. The molecule has 1 atom stereocenters. The van der Waals surface area contributed by atoms with E-state index < -0.39 is 0 Å². The SMILES string of the molecule is CCCOC1CCCN(c2nc(NN)nc3sccc23)C1. The van der Waals surface area contributed by atoms with Crippen molar-refractivity contribution in [2.45, 2.75) is 32.3 Å². The minimum Gasteiger partial charge on any atom is -0.376 e. The van der Waals surface area contributed by atoms with Crippen LogP contribution in [0.5, 0.6) is 0 Å². The summed E-state index contributed by atoms with van der Waals surface area (Å²) in [5.74, 6) is 6.91. The van der Waals surface area contributed by atoms with Crippen LogP contribution in [0.2, 0.25) is 0 Å². The smallest absolute Gasteiger partial charge is 0.240 e. The zero-order valence-corrected chi connectivity index (χ0v) is 13.0. The summed E-state index contributed by atoms with van der Waals surface area (Å²) in [6.45, 7) is 4.84. The van der Waals surface area contributed by atoms with Crippen molar-refractivity contribution in [1.29, 1.82) is 0 Å². The Labute approximate surface area is 128 Å². The molecule has 3 heterocycles. The van der Waals surface area contributed by atoms with Crippen LogP contribution in [0.4, 0.5) is 11.8 Å². The van der Waals surface area contributed by atoms with Gasteiger partial charge in [-0.15, -0.1) is 11.3 Å². The summed E-state index contributed by atoms with van der Waals surface area (Å²) in [6, 6.07) is 2.08. The maximum Gasteiger partial charge on any atom is 0.240 e. The van der Waals surface area contributed by atoms with E-state index in [-0.39, 0.29) is 6.10 Å². The van der Waals surface area contributed by atoms with Gasteiger partial charge < -0.3 is 9.64 Å². The second kappa shape index (κ2) is 6.55. The number of hydrazine groups is 1. The summed E-state index contributed by atoms with van der Waals surface area (Å²) < 4.78 is 5.91. The van der Waals surface area contributed by atoms with E-state index in [0.29, 0.717) is 5.95 Å². The number of nitrogens with two attached hydrogens (primary N) is 1. The summed E-state index contributed by atoms with van der Waals surface area (Å²) in [5, 5.41) is 3.13. The fraction of sp³-hybridized carbons (Fsp3) is 0.571. The summed E-state index contributed by atoms with van der Waals surface area (Å²) in [7, 11) is 0. The van der Waals surface area contributed by atoms with E-state index in [0.717, 1.165) is 55.0 Å². The Morgan fingerprint density at radius 2 is 2.43 bits per heavy atom. The summed E-state index contributed by atoms with van der Waals surface area (Å²) in [4.78, 5) is 12.2. The van der Waals surface area contributed by atoms with Crippen LogP contribution < -0.4 is 16.2 Å². The van der Waals surface area contributed by atoms with Crippen molar-refractivity contribution in [3.05, 3.63) is 11.4 Å². The molecule has 1 aliphatic heterocycles. The Morgan fingerprint density at radius 3 is 3.24 bits per heavy atom. The number of hydrogen-bond donors (Lipinski definition) is 2. The maximum absolute atomic E-state index is 5.91.